The van der Waals surface area contributed by atoms with E-state index >= 15 is 0 Å². The molecule has 0 aromatic heterocycles. The summed E-state index contributed by atoms with van der Waals surface area (Å²) in [7, 11) is 1.40. The van der Waals surface area contributed by atoms with Gasteiger partial charge in [-0.3, -0.25) is 4.79 Å². The predicted octanol–water partition coefficient (Wildman–Crippen LogP) is 2.41. The first kappa shape index (κ1) is 17.4. The number of likely N-dealkylation sites (tertiary alicyclic amines) is 1. The SMILES string of the molecule is COC(=O)C(C)(N)CC(C)N1CCCC(C(C)C)CC1. The smallest absolute Gasteiger partial charge is 0.325 e. The van der Waals surface area contributed by atoms with Crippen LogP contribution >= 0.6 is 0 Å². The van der Waals surface area contributed by atoms with Gasteiger partial charge in [0.1, 0.15) is 5.54 Å². The minimum Gasteiger partial charge on any atom is -0.468 e. The van der Waals surface area contributed by atoms with Crippen molar-refractivity contribution in [3.05, 3.63) is 0 Å². The zero-order valence-corrected chi connectivity index (χ0v) is 13.8. The zero-order chi connectivity index (χ0) is 15.3. The van der Waals surface area contributed by atoms with Gasteiger partial charge in [0.2, 0.25) is 0 Å². The van der Waals surface area contributed by atoms with E-state index in [1.165, 1.54) is 26.4 Å². The minimum atomic E-state index is -0.891. The highest BCUT2D eigenvalue weighted by molar-refractivity contribution is 5.79. The molecule has 1 aliphatic heterocycles. The van der Waals surface area contributed by atoms with E-state index in [4.69, 9.17) is 10.5 Å². The van der Waals surface area contributed by atoms with E-state index in [-0.39, 0.29) is 5.97 Å². The van der Waals surface area contributed by atoms with Gasteiger partial charge in [-0.25, -0.2) is 0 Å². The number of hydrogen-bond donors (Lipinski definition) is 1. The Morgan fingerprint density at radius 3 is 2.55 bits per heavy atom. The summed E-state index contributed by atoms with van der Waals surface area (Å²) in [5.74, 6) is 1.27. The highest BCUT2D eigenvalue weighted by Gasteiger charge is 2.33. The molecule has 0 aliphatic carbocycles. The number of nitrogens with zero attached hydrogens (tertiary/aromatic N) is 1. The second kappa shape index (κ2) is 7.41. The van der Waals surface area contributed by atoms with Crippen LogP contribution in [0.4, 0.5) is 0 Å². The van der Waals surface area contributed by atoms with Crippen LogP contribution in [-0.4, -0.2) is 42.6 Å². The van der Waals surface area contributed by atoms with Gasteiger partial charge in [0.05, 0.1) is 7.11 Å². The van der Waals surface area contributed by atoms with Gasteiger partial charge >= 0.3 is 5.97 Å². The lowest BCUT2D eigenvalue weighted by Gasteiger charge is -2.33. The monoisotopic (exact) mass is 284 g/mol. The fourth-order valence-electron chi connectivity index (χ4n) is 3.31. The number of carbonyl (C=O) groups is 1. The van der Waals surface area contributed by atoms with E-state index in [1.54, 1.807) is 6.92 Å². The third kappa shape index (κ3) is 4.74. The molecule has 3 atom stereocenters. The molecule has 0 amide bonds. The summed E-state index contributed by atoms with van der Waals surface area (Å²) < 4.78 is 4.79. The second-order valence-electron chi connectivity index (χ2n) is 6.93. The highest BCUT2D eigenvalue weighted by Crippen LogP contribution is 2.26. The van der Waals surface area contributed by atoms with E-state index in [0.29, 0.717) is 12.5 Å². The molecular formula is C16H32N2O2. The maximum Gasteiger partial charge on any atom is 0.325 e. The highest BCUT2D eigenvalue weighted by atomic mass is 16.5. The Labute approximate surface area is 124 Å². The summed E-state index contributed by atoms with van der Waals surface area (Å²) in [6.07, 6.45) is 4.46. The van der Waals surface area contributed by atoms with E-state index in [9.17, 15) is 4.79 Å². The summed E-state index contributed by atoms with van der Waals surface area (Å²) in [6, 6.07) is 0.315. The quantitative estimate of drug-likeness (QED) is 0.788. The fourth-order valence-corrected chi connectivity index (χ4v) is 3.31. The molecule has 1 heterocycles. The third-order valence-corrected chi connectivity index (χ3v) is 4.74. The average molecular weight is 284 g/mol. The van der Waals surface area contributed by atoms with E-state index < -0.39 is 5.54 Å². The summed E-state index contributed by atoms with van der Waals surface area (Å²) in [6.45, 7) is 10.8. The molecule has 0 bridgehead atoms. The maximum absolute atomic E-state index is 11.7. The van der Waals surface area contributed by atoms with Gasteiger partial charge < -0.3 is 15.4 Å². The molecule has 20 heavy (non-hydrogen) atoms. The van der Waals surface area contributed by atoms with Gasteiger partial charge in [-0.15, -0.1) is 0 Å². The van der Waals surface area contributed by atoms with Crippen molar-refractivity contribution >= 4 is 5.97 Å². The van der Waals surface area contributed by atoms with Crippen LogP contribution in [0.5, 0.6) is 0 Å². The molecule has 2 N–H and O–H groups in total. The van der Waals surface area contributed by atoms with Crippen molar-refractivity contribution < 1.29 is 9.53 Å². The summed E-state index contributed by atoms with van der Waals surface area (Å²) in [5.41, 5.74) is 5.20. The van der Waals surface area contributed by atoms with Crippen molar-refractivity contribution in [2.45, 2.75) is 65.0 Å². The lowest BCUT2D eigenvalue weighted by atomic mass is 9.89. The molecule has 1 rings (SSSR count). The normalized spacial score (nSPS) is 25.9. The predicted molar refractivity (Wildman–Crippen MR) is 82.4 cm³/mol. The number of rotatable bonds is 5. The molecule has 0 radical (unpaired) electrons. The molecule has 0 spiro atoms. The van der Waals surface area contributed by atoms with Crippen molar-refractivity contribution in [3.63, 3.8) is 0 Å². The standard InChI is InChI=1S/C16H32N2O2/c1-12(2)14-7-6-9-18(10-8-14)13(3)11-16(4,17)15(19)20-5/h12-14H,6-11,17H2,1-5H3. The van der Waals surface area contributed by atoms with E-state index in [1.807, 2.05) is 0 Å². The molecule has 4 nitrogen and oxygen atoms in total. The first-order valence-electron chi connectivity index (χ1n) is 7.89. The molecular weight excluding hydrogens is 252 g/mol. The number of nitrogens with two attached hydrogens (primary N) is 1. The van der Waals surface area contributed by atoms with Crippen molar-refractivity contribution in [2.24, 2.45) is 17.6 Å². The molecule has 118 valence electrons. The van der Waals surface area contributed by atoms with Gasteiger partial charge in [-0.2, -0.15) is 0 Å². The topological polar surface area (TPSA) is 55.6 Å². The van der Waals surface area contributed by atoms with Crippen LogP contribution in [0.2, 0.25) is 0 Å². The van der Waals surface area contributed by atoms with E-state index in [0.717, 1.165) is 24.9 Å². The molecule has 0 aromatic carbocycles. The van der Waals surface area contributed by atoms with Crippen LogP contribution < -0.4 is 5.73 Å². The van der Waals surface area contributed by atoms with Crippen molar-refractivity contribution in [1.82, 2.24) is 4.90 Å². The number of methoxy groups -OCH3 is 1. The number of esters is 1. The van der Waals surface area contributed by atoms with Gasteiger partial charge in [0, 0.05) is 6.04 Å². The third-order valence-electron chi connectivity index (χ3n) is 4.74. The Hall–Kier alpha value is -0.610. The molecule has 1 aliphatic rings. The number of carbonyl (C=O) groups excluding carboxylic acids is 1. The fraction of sp³-hybridized carbons (Fsp3) is 0.938. The second-order valence-corrected chi connectivity index (χ2v) is 6.93. The van der Waals surface area contributed by atoms with Crippen LogP contribution in [-0.2, 0) is 9.53 Å². The first-order valence-corrected chi connectivity index (χ1v) is 7.89. The molecule has 4 heteroatoms. The summed E-state index contributed by atoms with van der Waals surface area (Å²) in [4.78, 5) is 14.2. The Morgan fingerprint density at radius 1 is 1.35 bits per heavy atom. The maximum atomic E-state index is 11.7. The number of ether oxygens (including phenoxy) is 1. The van der Waals surface area contributed by atoms with Gasteiger partial charge in [0.25, 0.3) is 0 Å². The van der Waals surface area contributed by atoms with Crippen molar-refractivity contribution in [2.75, 3.05) is 20.2 Å². The lowest BCUT2D eigenvalue weighted by Crippen LogP contribution is -2.51. The Balaban J connectivity index is 2.55. The largest absolute Gasteiger partial charge is 0.468 e. The van der Waals surface area contributed by atoms with Crippen LogP contribution in [0, 0.1) is 11.8 Å². The van der Waals surface area contributed by atoms with Gasteiger partial charge in [-0.1, -0.05) is 13.8 Å². The molecule has 0 aromatic rings. The van der Waals surface area contributed by atoms with Crippen LogP contribution in [0.1, 0.15) is 53.4 Å². The van der Waals surface area contributed by atoms with Crippen molar-refractivity contribution in [3.8, 4) is 0 Å². The van der Waals surface area contributed by atoms with Crippen LogP contribution in [0.25, 0.3) is 0 Å². The molecule has 1 saturated heterocycles. The number of hydrogen-bond acceptors (Lipinski definition) is 4. The lowest BCUT2D eigenvalue weighted by molar-refractivity contribution is -0.147. The van der Waals surface area contributed by atoms with Gasteiger partial charge in [0.15, 0.2) is 0 Å². The van der Waals surface area contributed by atoms with Crippen molar-refractivity contribution in [1.29, 1.82) is 0 Å². The summed E-state index contributed by atoms with van der Waals surface area (Å²) >= 11 is 0. The Kier molecular flexibility index (Phi) is 6.46. The Morgan fingerprint density at radius 2 is 2.00 bits per heavy atom. The molecule has 1 fully saturated rings. The first-order chi connectivity index (χ1) is 9.27. The molecule has 3 unspecified atom stereocenters. The summed E-state index contributed by atoms with van der Waals surface area (Å²) in [5, 5.41) is 0. The zero-order valence-electron chi connectivity index (χ0n) is 13.8. The van der Waals surface area contributed by atoms with E-state index in [2.05, 4.69) is 25.7 Å². The minimum absolute atomic E-state index is 0.315. The molecule has 0 saturated carbocycles. The van der Waals surface area contributed by atoms with Gasteiger partial charge in [-0.05, 0) is 64.5 Å². The van der Waals surface area contributed by atoms with Crippen LogP contribution in [0.3, 0.4) is 0 Å². The average Bonchev–Trinajstić information content (AvgIpc) is 2.62. The van der Waals surface area contributed by atoms with Crippen LogP contribution in [0.15, 0.2) is 0 Å². The Bertz CT molecular complexity index is 316.